The van der Waals surface area contributed by atoms with E-state index < -0.39 is 5.97 Å². The predicted octanol–water partition coefficient (Wildman–Crippen LogP) is 2.24. The number of likely N-dealkylation sites (tertiary alicyclic amines) is 1. The number of carboxylic acids is 1. The van der Waals surface area contributed by atoms with Gasteiger partial charge in [0.15, 0.2) is 0 Å². The number of carbonyl (C=O) groups is 2. The summed E-state index contributed by atoms with van der Waals surface area (Å²) in [5, 5.41) is 9.29. The van der Waals surface area contributed by atoms with Gasteiger partial charge in [-0.25, -0.2) is 4.79 Å². The molecule has 1 heterocycles. The number of carbonyl (C=O) groups excluding carboxylic acids is 1. The minimum Gasteiger partial charge on any atom is -0.478 e. The second-order valence-corrected chi connectivity index (χ2v) is 4.75. The Morgan fingerprint density at radius 3 is 2.06 bits per heavy atom. The Balaban J connectivity index is 2.51. The molecule has 1 aliphatic rings. The van der Waals surface area contributed by atoms with E-state index in [1.807, 2.05) is 6.07 Å². The molecule has 1 saturated heterocycles. The van der Waals surface area contributed by atoms with E-state index in [9.17, 15) is 14.7 Å². The molecule has 96 valence electrons. The van der Waals surface area contributed by atoms with Gasteiger partial charge in [-0.15, -0.1) is 0 Å². The van der Waals surface area contributed by atoms with E-state index in [2.05, 4.69) is 0 Å². The first-order valence-electron chi connectivity index (χ1n) is 6.15. The molecule has 1 amide bonds. The van der Waals surface area contributed by atoms with Crippen LogP contribution in [0.2, 0.25) is 0 Å². The highest BCUT2D eigenvalue weighted by atomic mass is 16.4. The van der Waals surface area contributed by atoms with Crippen LogP contribution in [0.15, 0.2) is 12.1 Å². The van der Waals surface area contributed by atoms with Crippen LogP contribution in [0.4, 0.5) is 0 Å². The molecule has 1 fully saturated rings. The van der Waals surface area contributed by atoms with Crippen LogP contribution in [0.25, 0.3) is 0 Å². The van der Waals surface area contributed by atoms with Gasteiger partial charge in [0, 0.05) is 13.1 Å². The quantitative estimate of drug-likeness (QED) is 0.872. The topological polar surface area (TPSA) is 57.6 Å². The Morgan fingerprint density at radius 1 is 1.06 bits per heavy atom. The molecule has 18 heavy (non-hydrogen) atoms. The summed E-state index contributed by atoms with van der Waals surface area (Å²) in [7, 11) is 0. The van der Waals surface area contributed by atoms with E-state index in [0.29, 0.717) is 11.1 Å². The summed E-state index contributed by atoms with van der Waals surface area (Å²) in [4.78, 5) is 25.5. The molecular formula is C14H17NO3. The van der Waals surface area contributed by atoms with Crippen LogP contribution >= 0.6 is 0 Å². The lowest BCUT2D eigenvalue weighted by atomic mass is 9.96. The molecule has 1 N–H and O–H groups in total. The number of hydrogen-bond donors (Lipinski definition) is 1. The molecule has 0 saturated carbocycles. The normalized spacial score (nSPS) is 14.9. The van der Waals surface area contributed by atoms with Crippen molar-refractivity contribution in [3.8, 4) is 0 Å². The summed E-state index contributed by atoms with van der Waals surface area (Å²) in [6.07, 6.45) is 2.00. The van der Waals surface area contributed by atoms with Crippen LogP contribution in [0, 0.1) is 13.8 Å². The third-order valence-corrected chi connectivity index (χ3v) is 3.44. The van der Waals surface area contributed by atoms with E-state index in [1.165, 1.54) is 0 Å². The average molecular weight is 247 g/mol. The molecule has 0 spiro atoms. The van der Waals surface area contributed by atoms with Crippen molar-refractivity contribution < 1.29 is 14.7 Å². The fourth-order valence-corrected chi connectivity index (χ4v) is 2.44. The van der Waals surface area contributed by atoms with E-state index in [0.717, 1.165) is 31.5 Å². The van der Waals surface area contributed by atoms with Crippen LogP contribution in [0.3, 0.4) is 0 Å². The molecule has 4 heteroatoms. The van der Waals surface area contributed by atoms with Gasteiger partial charge >= 0.3 is 5.97 Å². The zero-order chi connectivity index (χ0) is 13.3. The van der Waals surface area contributed by atoms with Gasteiger partial charge in [-0.1, -0.05) is 12.1 Å². The predicted molar refractivity (Wildman–Crippen MR) is 68.0 cm³/mol. The number of carboxylic acid groups (broad SMARTS) is 1. The van der Waals surface area contributed by atoms with Gasteiger partial charge in [0.1, 0.15) is 0 Å². The van der Waals surface area contributed by atoms with Crippen molar-refractivity contribution in [3.63, 3.8) is 0 Å². The number of aromatic carboxylic acids is 1. The van der Waals surface area contributed by atoms with Crippen molar-refractivity contribution in [2.75, 3.05) is 13.1 Å². The number of rotatable bonds is 2. The molecule has 0 atom stereocenters. The van der Waals surface area contributed by atoms with Crippen molar-refractivity contribution >= 4 is 11.9 Å². The number of nitrogens with zero attached hydrogens (tertiary/aromatic N) is 1. The lowest BCUT2D eigenvalue weighted by Gasteiger charge is -2.19. The first-order valence-corrected chi connectivity index (χ1v) is 6.15. The number of hydrogen-bond acceptors (Lipinski definition) is 2. The van der Waals surface area contributed by atoms with Crippen molar-refractivity contribution in [1.29, 1.82) is 0 Å². The lowest BCUT2D eigenvalue weighted by Crippen LogP contribution is -2.30. The van der Waals surface area contributed by atoms with Crippen molar-refractivity contribution in [3.05, 3.63) is 34.4 Å². The fourth-order valence-electron chi connectivity index (χ4n) is 2.44. The van der Waals surface area contributed by atoms with Gasteiger partial charge in [-0.3, -0.25) is 4.79 Å². The molecule has 0 unspecified atom stereocenters. The monoisotopic (exact) mass is 247 g/mol. The molecule has 0 bridgehead atoms. The maximum Gasteiger partial charge on any atom is 0.336 e. The molecule has 0 aromatic heterocycles. The van der Waals surface area contributed by atoms with Crippen LogP contribution in [-0.4, -0.2) is 35.0 Å². The minimum absolute atomic E-state index is 0.145. The van der Waals surface area contributed by atoms with Gasteiger partial charge in [0.05, 0.1) is 11.1 Å². The van der Waals surface area contributed by atoms with E-state index >= 15 is 0 Å². The Kier molecular flexibility index (Phi) is 3.36. The molecule has 0 aliphatic carbocycles. The van der Waals surface area contributed by atoms with E-state index in [4.69, 9.17) is 0 Å². The summed E-state index contributed by atoms with van der Waals surface area (Å²) < 4.78 is 0. The Morgan fingerprint density at radius 2 is 1.56 bits per heavy atom. The average Bonchev–Trinajstić information content (AvgIpc) is 2.84. The van der Waals surface area contributed by atoms with Crippen molar-refractivity contribution in [2.45, 2.75) is 26.7 Å². The first kappa shape index (κ1) is 12.6. The number of benzene rings is 1. The summed E-state index contributed by atoms with van der Waals surface area (Å²) in [6, 6.07) is 3.56. The second-order valence-electron chi connectivity index (χ2n) is 4.75. The molecule has 4 nitrogen and oxygen atoms in total. The molecule has 1 aromatic rings. The third kappa shape index (κ3) is 2.10. The number of aryl methyl sites for hydroxylation is 2. The Bertz CT molecular complexity index is 502. The summed E-state index contributed by atoms with van der Waals surface area (Å²) in [5.74, 6) is -1.18. The zero-order valence-electron chi connectivity index (χ0n) is 10.7. The molecule has 2 rings (SSSR count). The molecule has 1 aromatic carbocycles. The van der Waals surface area contributed by atoms with Crippen LogP contribution in [-0.2, 0) is 0 Å². The first-order chi connectivity index (χ1) is 8.52. The largest absolute Gasteiger partial charge is 0.478 e. The van der Waals surface area contributed by atoms with Crippen LogP contribution in [0.5, 0.6) is 0 Å². The fraction of sp³-hybridized carbons (Fsp3) is 0.429. The van der Waals surface area contributed by atoms with Gasteiger partial charge < -0.3 is 10.0 Å². The Hall–Kier alpha value is -1.84. The highest BCUT2D eigenvalue weighted by Gasteiger charge is 2.26. The SMILES string of the molecule is Cc1ccc(C)c(C(=O)N2CCCC2)c1C(=O)O. The maximum absolute atomic E-state index is 12.4. The molecule has 0 radical (unpaired) electrons. The zero-order valence-corrected chi connectivity index (χ0v) is 10.7. The number of amides is 1. The lowest BCUT2D eigenvalue weighted by molar-refractivity contribution is 0.0680. The highest BCUT2D eigenvalue weighted by Crippen LogP contribution is 2.22. The summed E-state index contributed by atoms with van der Waals surface area (Å²) in [5.41, 5.74) is 1.86. The van der Waals surface area contributed by atoms with Crippen LogP contribution in [0.1, 0.15) is 44.7 Å². The second kappa shape index (κ2) is 4.80. The maximum atomic E-state index is 12.4. The van der Waals surface area contributed by atoms with E-state index in [1.54, 1.807) is 24.8 Å². The highest BCUT2D eigenvalue weighted by molar-refractivity contribution is 6.06. The van der Waals surface area contributed by atoms with Crippen molar-refractivity contribution in [2.24, 2.45) is 0 Å². The molecular weight excluding hydrogens is 230 g/mol. The summed E-state index contributed by atoms with van der Waals surface area (Å²) >= 11 is 0. The third-order valence-electron chi connectivity index (χ3n) is 3.44. The molecule has 1 aliphatic heterocycles. The van der Waals surface area contributed by atoms with Gasteiger partial charge in [-0.05, 0) is 37.8 Å². The van der Waals surface area contributed by atoms with Crippen molar-refractivity contribution in [1.82, 2.24) is 4.90 Å². The van der Waals surface area contributed by atoms with Crippen LogP contribution < -0.4 is 0 Å². The van der Waals surface area contributed by atoms with Gasteiger partial charge in [0.25, 0.3) is 5.91 Å². The van der Waals surface area contributed by atoms with Gasteiger partial charge in [0.2, 0.25) is 0 Å². The summed E-state index contributed by atoms with van der Waals surface area (Å²) in [6.45, 7) is 4.97. The minimum atomic E-state index is -1.03. The smallest absolute Gasteiger partial charge is 0.336 e. The van der Waals surface area contributed by atoms with E-state index in [-0.39, 0.29) is 11.5 Å². The standard InChI is InChI=1S/C14H17NO3/c1-9-5-6-10(2)12(14(17)18)11(9)13(16)15-7-3-4-8-15/h5-6H,3-4,7-8H2,1-2H3,(H,17,18). The Labute approximate surface area is 106 Å². The van der Waals surface area contributed by atoms with Gasteiger partial charge in [-0.2, -0.15) is 0 Å².